The standard InChI is InChI=1S/C17H12BrN3O3/c1-11-2-5-14(6-3-11)20-17(22)13(10-19)8-12-4-7-15(18)16(9-12)21(23)24/h2-9H,1H3,(H,20,22)/b13-8+. The molecule has 0 saturated heterocycles. The zero-order valence-corrected chi connectivity index (χ0v) is 14.2. The first-order chi connectivity index (χ1) is 11.4. The van der Waals surface area contributed by atoms with Crippen molar-refractivity contribution in [3.8, 4) is 6.07 Å². The summed E-state index contributed by atoms with van der Waals surface area (Å²) in [6, 6.07) is 13.3. The molecule has 120 valence electrons. The van der Waals surface area contributed by atoms with Crippen molar-refractivity contribution in [3.63, 3.8) is 0 Å². The summed E-state index contributed by atoms with van der Waals surface area (Å²) in [5.74, 6) is -0.577. The van der Waals surface area contributed by atoms with Crippen molar-refractivity contribution in [1.29, 1.82) is 5.26 Å². The summed E-state index contributed by atoms with van der Waals surface area (Å²) in [5.41, 5.74) is 1.72. The van der Waals surface area contributed by atoms with E-state index in [0.29, 0.717) is 15.7 Å². The smallest absolute Gasteiger partial charge is 0.284 e. The molecule has 0 aliphatic carbocycles. The summed E-state index contributed by atoms with van der Waals surface area (Å²) in [4.78, 5) is 22.6. The van der Waals surface area contributed by atoms with Crippen LogP contribution in [-0.2, 0) is 4.79 Å². The Kier molecular flexibility index (Phi) is 5.45. The van der Waals surface area contributed by atoms with Crippen LogP contribution in [0.25, 0.3) is 6.08 Å². The molecule has 6 nitrogen and oxygen atoms in total. The predicted molar refractivity (Wildman–Crippen MR) is 94.2 cm³/mol. The first-order valence-electron chi connectivity index (χ1n) is 6.84. The van der Waals surface area contributed by atoms with E-state index >= 15 is 0 Å². The number of halogens is 1. The van der Waals surface area contributed by atoms with Crippen LogP contribution in [0.2, 0.25) is 0 Å². The predicted octanol–water partition coefficient (Wildman–Crippen LogP) is 4.21. The van der Waals surface area contributed by atoms with E-state index in [0.717, 1.165) is 5.56 Å². The third-order valence-electron chi connectivity index (χ3n) is 3.15. The third kappa shape index (κ3) is 4.27. The molecule has 2 aromatic rings. The fraction of sp³-hybridized carbons (Fsp3) is 0.0588. The minimum absolute atomic E-state index is 0.139. The minimum Gasteiger partial charge on any atom is -0.321 e. The van der Waals surface area contributed by atoms with Crippen molar-refractivity contribution >= 4 is 39.3 Å². The summed E-state index contributed by atoms with van der Waals surface area (Å²) in [6.07, 6.45) is 1.31. The molecule has 24 heavy (non-hydrogen) atoms. The number of nitrogens with one attached hydrogen (secondary N) is 1. The normalized spacial score (nSPS) is 10.8. The van der Waals surface area contributed by atoms with Crippen LogP contribution in [0.5, 0.6) is 0 Å². The number of nitro benzene ring substituents is 1. The summed E-state index contributed by atoms with van der Waals surface area (Å²) in [7, 11) is 0. The molecule has 0 atom stereocenters. The van der Waals surface area contributed by atoms with E-state index in [2.05, 4.69) is 21.2 Å². The van der Waals surface area contributed by atoms with Gasteiger partial charge in [-0.2, -0.15) is 5.26 Å². The molecule has 0 spiro atoms. The topological polar surface area (TPSA) is 96.0 Å². The van der Waals surface area contributed by atoms with Gasteiger partial charge in [-0.15, -0.1) is 0 Å². The number of anilines is 1. The lowest BCUT2D eigenvalue weighted by atomic mass is 10.1. The second kappa shape index (κ2) is 7.53. The largest absolute Gasteiger partial charge is 0.321 e. The number of nitrogens with zero attached hydrogens (tertiary/aromatic N) is 2. The van der Waals surface area contributed by atoms with Crippen molar-refractivity contribution in [2.45, 2.75) is 6.92 Å². The Morgan fingerprint density at radius 2 is 1.96 bits per heavy atom. The van der Waals surface area contributed by atoms with Gasteiger partial charge in [0.25, 0.3) is 11.6 Å². The van der Waals surface area contributed by atoms with Crippen LogP contribution in [0, 0.1) is 28.4 Å². The molecule has 0 radical (unpaired) electrons. The van der Waals surface area contributed by atoms with Crippen LogP contribution in [0.3, 0.4) is 0 Å². The molecule has 0 saturated carbocycles. The molecule has 0 unspecified atom stereocenters. The van der Waals surface area contributed by atoms with E-state index in [9.17, 15) is 20.2 Å². The monoisotopic (exact) mass is 385 g/mol. The van der Waals surface area contributed by atoms with Crippen molar-refractivity contribution < 1.29 is 9.72 Å². The van der Waals surface area contributed by atoms with E-state index in [4.69, 9.17) is 0 Å². The number of aryl methyl sites for hydroxylation is 1. The second-order valence-corrected chi connectivity index (χ2v) is 5.81. The van der Waals surface area contributed by atoms with Gasteiger partial charge in [-0.1, -0.05) is 23.8 Å². The summed E-state index contributed by atoms with van der Waals surface area (Å²) >= 11 is 3.09. The molecular weight excluding hydrogens is 374 g/mol. The lowest BCUT2D eigenvalue weighted by Crippen LogP contribution is -2.13. The zero-order chi connectivity index (χ0) is 17.7. The van der Waals surface area contributed by atoms with Gasteiger partial charge in [-0.05, 0) is 52.7 Å². The number of amides is 1. The number of rotatable bonds is 4. The molecule has 7 heteroatoms. The molecule has 0 aliphatic rings. The Bertz CT molecular complexity index is 868. The summed E-state index contributed by atoms with van der Waals surface area (Å²) in [6.45, 7) is 1.92. The zero-order valence-electron chi connectivity index (χ0n) is 12.6. The van der Waals surface area contributed by atoms with Crippen LogP contribution in [0.4, 0.5) is 11.4 Å². The highest BCUT2D eigenvalue weighted by Gasteiger charge is 2.14. The third-order valence-corrected chi connectivity index (χ3v) is 3.82. The molecule has 2 rings (SSSR count). The van der Waals surface area contributed by atoms with Gasteiger partial charge in [0.15, 0.2) is 0 Å². The summed E-state index contributed by atoms with van der Waals surface area (Å²) < 4.78 is 0.326. The Hall–Kier alpha value is -2.98. The van der Waals surface area contributed by atoms with Crippen molar-refractivity contribution in [1.82, 2.24) is 0 Å². The van der Waals surface area contributed by atoms with E-state index < -0.39 is 10.8 Å². The van der Waals surface area contributed by atoms with E-state index in [1.165, 1.54) is 18.2 Å². The molecule has 0 bridgehead atoms. The number of benzene rings is 2. The number of nitro groups is 1. The van der Waals surface area contributed by atoms with Crippen LogP contribution in [-0.4, -0.2) is 10.8 Å². The first-order valence-corrected chi connectivity index (χ1v) is 7.64. The molecule has 2 aromatic carbocycles. The van der Waals surface area contributed by atoms with Gasteiger partial charge < -0.3 is 5.32 Å². The number of hydrogen-bond donors (Lipinski definition) is 1. The molecule has 0 heterocycles. The van der Waals surface area contributed by atoms with Crippen molar-refractivity contribution in [2.24, 2.45) is 0 Å². The maximum Gasteiger partial charge on any atom is 0.284 e. The maximum atomic E-state index is 12.2. The quantitative estimate of drug-likeness (QED) is 0.368. The van der Waals surface area contributed by atoms with Gasteiger partial charge in [-0.3, -0.25) is 14.9 Å². The van der Waals surface area contributed by atoms with E-state index in [-0.39, 0.29) is 11.3 Å². The van der Waals surface area contributed by atoms with Gasteiger partial charge >= 0.3 is 0 Å². The van der Waals surface area contributed by atoms with Gasteiger partial charge in [0, 0.05) is 11.8 Å². The Morgan fingerprint density at radius 3 is 2.54 bits per heavy atom. The van der Waals surface area contributed by atoms with Gasteiger partial charge in [0.1, 0.15) is 11.6 Å². The SMILES string of the molecule is Cc1ccc(NC(=O)/C(C#N)=C/c2ccc(Br)c([N+](=O)[O-])c2)cc1. The number of hydrogen-bond acceptors (Lipinski definition) is 4. The highest BCUT2D eigenvalue weighted by atomic mass is 79.9. The Balaban J connectivity index is 2.27. The lowest BCUT2D eigenvalue weighted by Gasteiger charge is -2.05. The average molecular weight is 386 g/mol. The van der Waals surface area contributed by atoms with E-state index in [1.54, 1.807) is 18.2 Å². The van der Waals surface area contributed by atoms with Crippen LogP contribution < -0.4 is 5.32 Å². The number of carbonyl (C=O) groups excluding carboxylic acids is 1. The fourth-order valence-corrected chi connectivity index (χ4v) is 2.30. The first kappa shape index (κ1) is 17.4. The van der Waals surface area contributed by atoms with Gasteiger partial charge in [-0.25, -0.2) is 0 Å². The highest BCUT2D eigenvalue weighted by Crippen LogP contribution is 2.26. The lowest BCUT2D eigenvalue weighted by molar-refractivity contribution is -0.385. The number of nitriles is 1. The van der Waals surface area contributed by atoms with Crippen LogP contribution >= 0.6 is 15.9 Å². The highest BCUT2D eigenvalue weighted by molar-refractivity contribution is 9.10. The van der Waals surface area contributed by atoms with Crippen LogP contribution in [0.1, 0.15) is 11.1 Å². The molecule has 1 amide bonds. The maximum absolute atomic E-state index is 12.2. The van der Waals surface area contributed by atoms with Gasteiger partial charge in [0.05, 0.1) is 9.40 Å². The molecule has 0 fully saturated rings. The van der Waals surface area contributed by atoms with E-state index in [1.807, 2.05) is 25.1 Å². The molecular formula is C17H12BrN3O3. The second-order valence-electron chi connectivity index (χ2n) is 4.96. The molecule has 0 aliphatic heterocycles. The molecule has 0 aromatic heterocycles. The van der Waals surface area contributed by atoms with Gasteiger partial charge in [0.2, 0.25) is 0 Å². The van der Waals surface area contributed by atoms with Crippen LogP contribution in [0.15, 0.2) is 52.5 Å². The van der Waals surface area contributed by atoms with Crippen molar-refractivity contribution in [3.05, 3.63) is 73.8 Å². The average Bonchev–Trinajstić information content (AvgIpc) is 2.55. The summed E-state index contributed by atoms with van der Waals surface area (Å²) in [5, 5.41) is 22.7. The fourth-order valence-electron chi connectivity index (χ4n) is 1.91. The Morgan fingerprint density at radius 1 is 1.29 bits per heavy atom. The van der Waals surface area contributed by atoms with Crippen molar-refractivity contribution in [2.75, 3.05) is 5.32 Å². The Labute approximate surface area is 146 Å². The minimum atomic E-state index is -0.577. The number of carbonyl (C=O) groups is 1. The molecule has 1 N–H and O–H groups in total.